The molecule has 0 aliphatic carbocycles. The summed E-state index contributed by atoms with van der Waals surface area (Å²) in [6.45, 7) is 4.34. The van der Waals surface area contributed by atoms with E-state index in [1.807, 2.05) is 0 Å². The van der Waals surface area contributed by atoms with Crippen LogP contribution in [0.3, 0.4) is 0 Å². The van der Waals surface area contributed by atoms with Crippen LogP contribution < -0.4 is 5.32 Å². The number of amides is 1. The van der Waals surface area contributed by atoms with E-state index in [4.69, 9.17) is 15.0 Å². The monoisotopic (exact) mass is 258 g/mol. The zero-order valence-electron chi connectivity index (χ0n) is 10.9. The Morgan fingerprint density at radius 3 is 2.83 bits per heavy atom. The van der Waals surface area contributed by atoms with Gasteiger partial charge < -0.3 is 14.8 Å². The fraction of sp³-hybridized carbons (Fsp3) is 0.909. The normalized spacial score (nSPS) is 9.61. The molecule has 0 radical (unpaired) electrons. The van der Waals surface area contributed by atoms with Gasteiger partial charge in [0.2, 0.25) is 0 Å². The van der Waals surface area contributed by atoms with Gasteiger partial charge in [0, 0.05) is 24.6 Å². The highest BCUT2D eigenvalue weighted by Crippen LogP contribution is 1.93. The molecule has 104 valence electrons. The molecule has 7 nitrogen and oxygen atoms in total. The fourth-order valence-electron chi connectivity index (χ4n) is 1.19. The summed E-state index contributed by atoms with van der Waals surface area (Å²) in [6, 6.07) is 0. The largest absolute Gasteiger partial charge is 0.447 e. The first-order chi connectivity index (χ1) is 8.81. The lowest BCUT2D eigenvalue weighted by molar-refractivity contribution is 0.0711. The SMILES string of the molecule is CCCCCOCCOC(=O)NCCCN=[N+]=[N-]. The van der Waals surface area contributed by atoms with Gasteiger partial charge in [-0.15, -0.1) is 0 Å². The van der Waals surface area contributed by atoms with Crippen molar-refractivity contribution in [2.24, 2.45) is 5.11 Å². The molecule has 0 fully saturated rings. The summed E-state index contributed by atoms with van der Waals surface area (Å²) in [5, 5.41) is 5.90. The van der Waals surface area contributed by atoms with Crippen LogP contribution in [0.5, 0.6) is 0 Å². The lowest BCUT2D eigenvalue weighted by Crippen LogP contribution is -2.27. The molecule has 0 atom stereocenters. The molecular weight excluding hydrogens is 236 g/mol. The second-order valence-corrected chi connectivity index (χ2v) is 3.69. The summed E-state index contributed by atoms with van der Waals surface area (Å²) in [5.74, 6) is 0. The van der Waals surface area contributed by atoms with Gasteiger partial charge in [0.25, 0.3) is 0 Å². The van der Waals surface area contributed by atoms with Crippen molar-refractivity contribution in [2.75, 3.05) is 32.9 Å². The fourth-order valence-corrected chi connectivity index (χ4v) is 1.19. The Labute approximate surface area is 107 Å². The summed E-state index contributed by atoms with van der Waals surface area (Å²) >= 11 is 0. The number of nitrogens with one attached hydrogen (secondary N) is 1. The van der Waals surface area contributed by atoms with Gasteiger partial charge in [0.15, 0.2) is 0 Å². The van der Waals surface area contributed by atoms with Crippen molar-refractivity contribution in [3.63, 3.8) is 0 Å². The number of nitrogens with zero attached hydrogens (tertiary/aromatic N) is 3. The van der Waals surface area contributed by atoms with Crippen LogP contribution in [0, 0.1) is 0 Å². The summed E-state index contributed by atoms with van der Waals surface area (Å²) in [6.07, 6.45) is 3.51. The highest BCUT2D eigenvalue weighted by Gasteiger charge is 1.99. The van der Waals surface area contributed by atoms with Crippen LogP contribution in [0.15, 0.2) is 5.11 Å². The molecule has 1 N–H and O–H groups in total. The number of alkyl carbamates (subject to hydrolysis) is 1. The van der Waals surface area contributed by atoms with Crippen LogP contribution in [0.4, 0.5) is 4.79 Å². The van der Waals surface area contributed by atoms with E-state index < -0.39 is 6.09 Å². The van der Waals surface area contributed by atoms with Gasteiger partial charge in [-0.05, 0) is 18.4 Å². The zero-order chi connectivity index (χ0) is 13.5. The Morgan fingerprint density at radius 2 is 2.11 bits per heavy atom. The molecular formula is C11H22N4O3. The van der Waals surface area contributed by atoms with Gasteiger partial charge >= 0.3 is 6.09 Å². The van der Waals surface area contributed by atoms with E-state index in [9.17, 15) is 4.79 Å². The van der Waals surface area contributed by atoms with Crippen molar-refractivity contribution in [3.05, 3.63) is 10.4 Å². The quantitative estimate of drug-likeness (QED) is 0.267. The number of unbranched alkanes of at least 4 members (excludes halogenated alkanes) is 2. The molecule has 0 unspecified atom stereocenters. The van der Waals surface area contributed by atoms with Gasteiger partial charge in [0.05, 0.1) is 6.61 Å². The van der Waals surface area contributed by atoms with Crippen LogP contribution in [0.2, 0.25) is 0 Å². The lowest BCUT2D eigenvalue weighted by Gasteiger charge is -2.07. The van der Waals surface area contributed by atoms with Crippen molar-refractivity contribution in [1.82, 2.24) is 5.32 Å². The minimum absolute atomic E-state index is 0.258. The predicted octanol–water partition coefficient (Wildman–Crippen LogP) is 2.62. The zero-order valence-corrected chi connectivity index (χ0v) is 10.9. The van der Waals surface area contributed by atoms with Gasteiger partial charge in [-0.3, -0.25) is 0 Å². The maximum Gasteiger partial charge on any atom is 0.407 e. The molecule has 7 heteroatoms. The number of hydrogen-bond donors (Lipinski definition) is 1. The molecule has 0 heterocycles. The number of rotatable bonds is 11. The smallest absolute Gasteiger partial charge is 0.407 e. The molecule has 0 aliphatic heterocycles. The molecule has 0 aliphatic rings. The van der Waals surface area contributed by atoms with Gasteiger partial charge in [0.1, 0.15) is 6.61 Å². The van der Waals surface area contributed by atoms with Crippen LogP contribution in [-0.2, 0) is 9.47 Å². The minimum Gasteiger partial charge on any atom is -0.447 e. The van der Waals surface area contributed by atoms with Crippen molar-refractivity contribution < 1.29 is 14.3 Å². The molecule has 1 amide bonds. The third-order valence-electron chi connectivity index (χ3n) is 2.12. The Morgan fingerprint density at radius 1 is 1.28 bits per heavy atom. The predicted molar refractivity (Wildman–Crippen MR) is 68.3 cm³/mol. The van der Waals surface area contributed by atoms with Gasteiger partial charge in [-0.25, -0.2) is 4.79 Å². The molecule has 0 rings (SSSR count). The number of carbonyl (C=O) groups is 1. The first-order valence-corrected chi connectivity index (χ1v) is 6.30. The first kappa shape index (κ1) is 16.5. The summed E-state index contributed by atoms with van der Waals surface area (Å²) < 4.78 is 10.2. The van der Waals surface area contributed by atoms with E-state index in [1.54, 1.807) is 0 Å². The summed E-state index contributed by atoms with van der Waals surface area (Å²) in [5.41, 5.74) is 8.03. The minimum atomic E-state index is -0.465. The Balaban J connectivity index is 3.19. The third-order valence-corrected chi connectivity index (χ3v) is 2.12. The molecule has 0 bridgehead atoms. The Kier molecular flexibility index (Phi) is 12.5. The molecule has 18 heavy (non-hydrogen) atoms. The van der Waals surface area contributed by atoms with E-state index in [1.165, 1.54) is 0 Å². The molecule has 0 spiro atoms. The Bertz CT molecular complexity index is 255. The molecule has 0 saturated heterocycles. The average molecular weight is 258 g/mol. The Hall–Kier alpha value is -1.46. The van der Waals surface area contributed by atoms with E-state index in [2.05, 4.69) is 22.3 Å². The highest BCUT2D eigenvalue weighted by atomic mass is 16.6. The van der Waals surface area contributed by atoms with Crippen LogP contribution in [-0.4, -0.2) is 39.0 Å². The third kappa shape index (κ3) is 12.6. The maximum absolute atomic E-state index is 11.1. The molecule has 0 aromatic rings. The first-order valence-electron chi connectivity index (χ1n) is 6.30. The molecule has 0 aromatic heterocycles. The highest BCUT2D eigenvalue weighted by molar-refractivity contribution is 5.66. The van der Waals surface area contributed by atoms with Crippen molar-refractivity contribution in [2.45, 2.75) is 32.6 Å². The summed E-state index contributed by atoms with van der Waals surface area (Å²) in [7, 11) is 0. The average Bonchev–Trinajstić information content (AvgIpc) is 2.37. The van der Waals surface area contributed by atoms with E-state index in [0.29, 0.717) is 32.7 Å². The standard InChI is InChI=1S/C11H22N4O3/c1-2-3-4-8-17-9-10-18-11(16)13-6-5-7-14-15-12/h2-10H2,1H3,(H,13,16). The van der Waals surface area contributed by atoms with E-state index >= 15 is 0 Å². The second-order valence-electron chi connectivity index (χ2n) is 3.69. The van der Waals surface area contributed by atoms with E-state index in [0.717, 1.165) is 19.3 Å². The van der Waals surface area contributed by atoms with Gasteiger partial charge in [-0.2, -0.15) is 0 Å². The lowest BCUT2D eigenvalue weighted by atomic mass is 10.3. The topological polar surface area (TPSA) is 96.3 Å². The number of azide groups is 1. The molecule has 0 aromatic carbocycles. The van der Waals surface area contributed by atoms with Crippen LogP contribution in [0.25, 0.3) is 10.4 Å². The van der Waals surface area contributed by atoms with Crippen molar-refractivity contribution >= 4 is 6.09 Å². The molecule has 0 saturated carbocycles. The summed E-state index contributed by atoms with van der Waals surface area (Å²) in [4.78, 5) is 13.7. The van der Waals surface area contributed by atoms with Crippen LogP contribution in [0.1, 0.15) is 32.6 Å². The van der Waals surface area contributed by atoms with Crippen LogP contribution >= 0.6 is 0 Å². The van der Waals surface area contributed by atoms with E-state index in [-0.39, 0.29) is 6.61 Å². The van der Waals surface area contributed by atoms with Crippen molar-refractivity contribution in [3.8, 4) is 0 Å². The number of hydrogen-bond acceptors (Lipinski definition) is 4. The van der Waals surface area contributed by atoms with Crippen molar-refractivity contribution in [1.29, 1.82) is 0 Å². The van der Waals surface area contributed by atoms with Gasteiger partial charge in [-0.1, -0.05) is 24.9 Å². The second kappa shape index (κ2) is 13.6. The number of carbonyl (C=O) groups excluding carboxylic acids is 1. The number of ether oxygens (including phenoxy) is 2. The maximum atomic E-state index is 11.1.